The number of anilines is 1. The van der Waals surface area contributed by atoms with Crippen LogP contribution in [0.4, 0.5) is 5.95 Å². The van der Waals surface area contributed by atoms with Crippen LogP contribution in [0.3, 0.4) is 0 Å². The summed E-state index contributed by atoms with van der Waals surface area (Å²) in [5.41, 5.74) is 0.202. The molecule has 0 aromatic carbocycles. The fourth-order valence-electron chi connectivity index (χ4n) is 2.28. The summed E-state index contributed by atoms with van der Waals surface area (Å²) < 4.78 is 2.78. The standard InChI is InChI=1S/C10H18N4S/c1-4-13-8(11-12-9(13)15)14-7-5-6-10(14,2)3/h4-7H2,1-3H3,(H,12,15). The topological polar surface area (TPSA) is 36.9 Å². The largest absolute Gasteiger partial charge is 0.336 e. The maximum atomic E-state index is 5.20. The number of nitrogens with one attached hydrogen (secondary N) is 1. The van der Waals surface area contributed by atoms with Crippen LogP contribution in [-0.2, 0) is 6.54 Å². The Hall–Kier alpha value is -0.840. The number of aromatic nitrogens is 3. The molecule has 4 nitrogen and oxygen atoms in total. The zero-order chi connectivity index (χ0) is 11.1. The van der Waals surface area contributed by atoms with Gasteiger partial charge in [0.25, 0.3) is 0 Å². The Morgan fingerprint density at radius 1 is 1.53 bits per heavy atom. The van der Waals surface area contributed by atoms with Crippen molar-refractivity contribution in [2.45, 2.75) is 45.7 Å². The number of hydrogen-bond donors (Lipinski definition) is 1. The molecule has 84 valence electrons. The fourth-order valence-corrected chi connectivity index (χ4v) is 2.53. The highest BCUT2D eigenvalue weighted by atomic mass is 32.1. The lowest BCUT2D eigenvalue weighted by Gasteiger charge is -2.32. The van der Waals surface area contributed by atoms with Crippen molar-refractivity contribution >= 4 is 18.2 Å². The molecule has 5 heteroatoms. The highest BCUT2D eigenvalue weighted by molar-refractivity contribution is 7.71. The minimum absolute atomic E-state index is 0.202. The van der Waals surface area contributed by atoms with E-state index in [0.717, 1.165) is 23.8 Å². The van der Waals surface area contributed by atoms with Gasteiger partial charge in [-0.05, 0) is 45.8 Å². The molecule has 0 radical (unpaired) electrons. The van der Waals surface area contributed by atoms with Crippen molar-refractivity contribution in [3.63, 3.8) is 0 Å². The van der Waals surface area contributed by atoms with E-state index >= 15 is 0 Å². The van der Waals surface area contributed by atoms with E-state index in [1.807, 2.05) is 0 Å². The fraction of sp³-hybridized carbons (Fsp3) is 0.800. The second-order valence-electron chi connectivity index (χ2n) is 4.64. The number of H-pyrrole nitrogens is 1. The van der Waals surface area contributed by atoms with Crippen LogP contribution in [0.5, 0.6) is 0 Å². The van der Waals surface area contributed by atoms with Crippen molar-refractivity contribution in [2.24, 2.45) is 0 Å². The summed E-state index contributed by atoms with van der Waals surface area (Å²) in [6.07, 6.45) is 2.45. The molecular formula is C10H18N4S. The van der Waals surface area contributed by atoms with Crippen molar-refractivity contribution in [3.8, 4) is 0 Å². The lowest BCUT2D eigenvalue weighted by molar-refractivity contribution is 0.501. The molecule has 2 heterocycles. The van der Waals surface area contributed by atoms with Gasteiger partial charge in [0.15, 0.2) is 4.77 Å². The van der Waals surface area contributed by atoms with Crippen LogP contribution in [0, 0.1) is 4.77 Å². The molecule has 1 fully saturated rings. The van der Waals surface area contributed by atoms with Crippen molar-refractivity contribution in [2.75, 3.05) is 11.4 Å². The van der Waals surface area contributed by atoms with Crippen LogP contribution >= 0.6 is 12.2 Å². The van der Waals surface area contributed by atoms with Gasteiger partial charge in [0.1, 0.15) is 0 Å². The first-order valence-electron chi connectivity index (χ1n) is 5.49. The summed E-state index contributed by atoms with van der Waals surface area (Å²) in [6, 6.07) is 0. The second kappa shape index (κ2) is 3.63. The van der Waals surface area contributed by atoms with Gasteiger partial charge < -0.3 is 4.90 Å². The third-order valence-corrected chi connectivity index (χ3v) is 3.51. The van der Waals surface area contributed by atoms with E-state index in [0.29, 0.717) is 0 Å². The average molecular weight is 226 g/mol. The van der Waals surface area contributed by atoms with Crippen molar-refractivity contribution in [1.82, 2.24) is 14.8 Å². The number of nitrogens with zero attached hydrogens (tertiary/aromatic N) is 3. The van der Waals surface area contributed by atoms with Crippen LogP contribution in [0.15, 0.2) is 0 Å². The van der Waals surface area contributed by atoms with E-state index in [9.17, 15) is 0 Å². The molecule has 0 bridgehead atoms. The average Bonchev–Trinajstić information content (AvgIpc) is 2.68. The Morgan fingerprint density at radius 2 is 2.27 bits per heavy atom. The molecule has 0 aliphatic carbocycles. The van der Waals surface area contributed by atoms with Crippen LogP contribution in [0.2, 0.25) is 0 Å². The van der Waals surface area contributed by atoms with Gasteiger partial charge in [0.2, 0.25) is 5.95 Å². The predicted octanol–water partition coefficient (Wildman–Crippen LogP) is 2.34. The van der Waals surface area contributed by atoms with Crippen molar-refractivity contribution in [3.05, 3.63) is 4.77 Å². The summed E-state index contributed by atoms with van der Waals surface area (Å²) in [5, 5.41) is 7.21. The molecule has 0 unspecified atom stereocenters. The van der Waals surface area contributed by atoms with E-state index < -0.39 is 0 Å². The minimum atomic E-state index is 0.202. The minimum Gasteiger partial charge on any atom is -0.336 e. The Morgan fingerprint density at radius 3 is 2.80 bits per heavy atom. The molecule has 0 spiro atoms. The lowest BCUT2D eigenvalue weighted by Crippen LogP contribution is -2.39. The maximum Gasteiger partial charge on any atom is 0.226 e. The first-order valence-corrected chi connectivity index (χ1v) is 5.90. The highest BCUT2D eigenvalue weighted by Gasteiger charge is 2.34. The van der Waals surface area contributed by atoms with Gasteiger partial charge in [-0.1, -0.05) is 0 Å². The van der Waals surface area contributed by atoms with Crippen LogP contribution in [0.1, 0.15) is 33.6 Å². The smallest absolute Gasteiger partial charge is 0.226 e. The van der Waals surface area contributed by atoms with Gasteiger partial charge in [0, 0.05) is 18.6 Å². The normalized spacial score (nSPS) is 19.8. The van der Waals surface area contributed by atoms with Gasteiger partial charge in [-0.2, -0.15) is 0 Å². The monoisotopic (exact) mass is 226 g/mol. The predicted molar refractivity (Wildman–Crippen MR) is 63.7 cm³/mol. The number of aromatic amines is 1. The molecule has 1 aromatic heterocycles. The highest BCUT2D eigenvalue weighted by Crippen LogP contribution is 2.32. The van der Waals surface area contributed by atoms with E-state index in [1.165, 1.54) is 12.8 Å². The third-order valence-electron chi connectivity index (χ3n) is 3.20. The zero-order valence-corrected chi connectivity index (χ0v) is 10.4. The molecule has 0 amide bonds. The van der Waals surface area contributed by atoms with E-state index in [-0.39, 0.29) is 5.54 Å². The summed E-state index contributed by atoms with van der Waals surface area (Å²) in [4.78, 5) is 2.35. The molecule has 1 N–H and O–H groups in total. The maximum absolute atomic E-state index is 5.20. The Kier molecular flexibility index (Phi) is 2.58. The first-order chi connectivity index (χ1) is 7.06. The summed E-state index contributed by atoms with van der Waals surface area (Å²) in [6.45, 7) is 8.57. The van der Waals surface area contributed by atoms with Gasteiger partial charge in [-0.15, -0.1) is 5.10 Å². The molecule has 1 aromatic rings. The van der Waals surface area contributed by atoms with E-state index in [1.54, 1.807) is 0 Å². The molecule has 0 saturated carbocycles. The summed E-state index contributed by atoms with van der Waals surface area (Å²) in [7, 11) is 0. The van der Waals surface area contributed by atoms with Crippen LogP contribution < -0.4 is 4.90 Å². The van der Waals surface area contributed by atoms with Crippen LogP contribution in [-0.4, -0.2) is 26.8 Å². The Bertz CT molecular complexity index is 404. The van der Waals surface area contributed by atoms with Gasteiger partial charge in [-0.25, -0.2) is 5.10 Å². The molecular weight excluding hydrogens is 208 g/mol. The number of hydrogen-bond acceptors (Lipinski definition) is 3. The van der Waals surface area contributed by atoms with E-state index in [2.05, 4.69) is 40.4 Å². The molecule has 2 rings (SSSR count). The quantitative estimate of drug-likeness (QED) is 0.786. The molecule has 0 atom stereocenters. The number of rotatable bonds is 2. The lowest BCUT2D eigenvalue weighted by atomic mass is 10.0. The van der Waals surface area contributed by atoms with Gasteiger partial charge in [0.05, 0.1) is 0 Å². The first kappa shape index (κ1) is 10.7. The van der Waals surface area contributed by atoms with Crippen molar-refractivity contribution in [1.29, 1.82) is 0 Å². The van der Waals surface area contributed by atoms with Gasteiger partial charge >= 0.3 is 0 Å². The van der Waals surface area contributed by atoms with Crippen molar-refractivity contribution < 1.29 is 0 Å². The SMILES string of the molecule is CCn1c(N2CCCC2(C)C)n[nH]c1=S. The third kappa shape index (κ3) is 1.69. The summed E-state index contributed by atoms with van der Waals surface area (Å²) in [5.74, 6) is 0.991. The zero-order valence-electron chi connectivity index (χ0n) is 9.58. The molecule has 1 aliphatic heterocycles. The Labute approximate surface area is 95.3 Å². The van der Waals surface area contributed by atoms with Gasteiger partial charge in [-0.3, -0.25) is 4.57 Å². The Balaban J connectivity index is 2.41. The molecule has 1 saturated heterocycles. The van der Waals surface area contributed by atoms with E-state index in [4.69, 9.17) is 12.2 Å². The summed E-state index contributed by atoms with van der Waals surface area (Å²) >= 11 is 5.20. The second-order valence-corrected chi connectivity index (χ2v) is 5.03. The molecule has 15 heavy (non-hydrogen) atoms. The molecule has 1 aliphatic rings. The van der Waals surface area contributed by atoms with Crippen LogP contribution in [0.25, 0.3) is 0 Å².